The van der Waals surface area contributed by atoms with E-state index in [1.165, 1.54) is 0 Å². The highest BCUT2D eigenvalue weighted by molar-refractivity contribution is 7.90. The van der Waals surface area contributed by atoms with E-state index in [-0.39, 0.29) is 12.2 Å². The number of carbonyl (C=O) groups excluding carboxylic acids is 2. The Morgan fingerprint density at radius 3 is 2.24 bits per heavy atom. The Morgan fingerprint density at radius 1 is 0.897 bits per heavy atom. The Kier molecular flexibility index (Phi) is 6.29. The first-order chi connectivity index (χ1) is 13.8. The maximum absolute atomic E-state index is 12.8. The van der Waals surface area contributed by atoms with Crippen LogP contribution < -0.4 is 10.6 Å². The van der Waals surface area contributed by atoms with Crippen molar-refractivity contribution in [3.63, 3.8) is 0 Å². The molecule has 3 aromatic carbocycles. The van der Waals surface area contributed by atoms with E-state index in [4.69, 9.17) is 0 Å². The molecule has 6 nitrogen and oxygen atoms in total. The summed E-state index contributed by atoms with van der Waals surface area (Å²) in [5.41, 5.74) is 0.974. The molecule has 0 aliphatic heterocycles. The Morgan fingerprint density at radius 2 is 1.55 bits per heavy atom. The van der Waals surface area contributed by atoms with Gasteiger partial charge in [0.15, 0.2) is 0 Å². The molecule has 0 radical (unpaired) electrons. The van der Waals surface area contributed by atoms with E-state index in [1.807, 2.05) is 36.4 Å². The second-order valence-corrected chi connectivity index (χ2v) is 9.12. The maximum atomic E-state index is 12.8. The Labute approximate surface area is 169 Å². The standard InChI is InChI=1S/C22H22N2O4S/c1-29(27,28)14-13-20(24-21(25)17-8-3-2-4-9-17)22(26)23-19-12-11-16-7-5-6-10-18(16)15-19/h2-12,15,20H,13-14H2,1H3,(H,23,26)(H,24,25)/t20-/m0/s1. The molecule has 0 bridgehead atoms. The van der Waals surface area contributed by atoms with E-state index >= 15 is 0 Å². The van der Waals surface area contributed by atoms with Gasteiger partial charge in [-0.25, -0.2) is 8.42 Å². The van der Waals surface area contributed by atoms with Crippen LogP contribution in [0.5, 0.6) is 0 Å². The van der Waals surface area contributed by atoms with Gasteiger partial charge >= 0.3 is 0 Å². The van der Waals surface area contributed by atoms with Crippen LogP contribution in [0, 0.1) is 0 Å². The van der Waals surface area contributed by atoms with Gasteiger partial charge in [-0.05, 0) is 41.5 Å². The minimum Gasteiger partial charge on any atom is -0.340 e. The molecule has 0 heterocycles. The van der Waals surface area contributed by atoms with Gasteiger partial charge in [0.05, 0.1) is 5.75 Å². The zero-order valence-electron chi connectivity index (χ0n) is 16.0. The Hall–Kier alpha value is -3.19. The molecule has 1 atom stereocenters. The molecule has 3 rings (SSSR count). The first-order valence-electron chi connectivity index (χ1n) is 9.15. The van der Waals surface area contributed by atoms with Crippen LogP contribution in [0.4, 0.5) is 5.69 Å². The molecule has 0 aromatic heterocycles. The number of nitrogens with one attached hydrogen (secondary N) is 2. The fourth-order valence-corrected chi connectivity index (χ4v) is 3.59. The van der Waals surface area contributed by atoms with E-state index in [2.05, 4.69) is 10.6 Å². The molecule has 2 N–H and O–H groups in total. The van der Waals surface area contributed by atoms with Crippen molar-refractivity contribution in [3.8, 4) is 0 Å². The van der Waals surface area contributed by atoms with Gasteiger partial charge in [-0.3, -0.25) is 9.59 Å². The summed E-state index contributed by atoms with van der Waals surface area (Å²) < 4.78 is 23.1. The fraction of sp³-hybridized carbons (Fsp3) is 0.182. The van der Waals surface area contributed by atoms with Gasteiger partial charge in [0.2, 0.25) is 5.91 Å². The molecule has 0 saturated carbocycles. The van der Waals surface area contributed by atoms with E-state index in [1.54, 1.807) is 36.4 Å². The molecule has 0 unspecified atom stereocenters. The van der Waals surface area contributed by atoms with Crippen LogP contribution in [-0.4, -0.2) is 38.3 Å². The minimum absolute atomic E-state index is 0.0170. The monoisotopic (exact) mass is 410 g/mol. The smallest absolute Gasteiger partial charge is 0.251 e. The highest BCUT2D eigenvalue weighted by atomic mass is 32.2. The number of rotatable bonds is 7. The van der Waals surface area contributed by atoms with Crippen LogP contribution in [-0.2, 0) is 14.6 Å². The average molecular weight is 410 g/mol. The van der Waals surface area contributed by atoms with Crippen LogP contribution in [0.3, 0.4) is 0 Å². The summed E-state index contributed by atoms with van der Waals surface area (Å²) in [7, 11) is -3.29. The van der Waals surface area contributed by atoms with E-state index in [0.717, 1.165) is 17.0 Å². The van der Waals surface area contributed by atoms with Crippen molar-refractivity contribution in [2.45, 2.75) is 12.5 Å². The first kappa shape index (κ1) is 20.5. The van der Waals surface area contributed by atoms with Crippen LogP contribution in [0.2, 0.25) is 0 Å². The van der Waals surface area contributed by atoms with Crippen molar-refractivity contribution in [2.24, 2.45) is 0 Å². The quantitative estimate of drug-likeness (QED) is 0.626. The lowest BCUT2D eigenvalue weighted by atomic mass is 10.1. The molecule has 3 aromatic rings. The number of hydrogen-bond acceptors (Lipinski definition) is 4. The van der Waals surface area contributed by atoms with Gasteiger partial charge < -0.3 is 10.6 Å². The summed E-state index contributed by atoms with van der Waals surface area (Å²) in [4.78, 5) is 25.3. The number of hydrogen-bond donors (Lipinski definition) is 2. The zero-order chi connectivity index (χ0) is 20.9. The summed E-state index contributed by atoms with van der Waals surface area (Å²) in [6.07, 6.45) is 1.08. The zero-order valence-corrected chi connectivity index (χ0v) is 16.8. The van der Waals surface area contributed by atoms with Gasteiger partial charge in [-0.15, -0.1) is 0 Å². The van der Waals surface area contributed by atoms with Gasteiger partial charge in [-0.1, -0.05) is 48.5 Å². The largest absolute Gasteiger partial charge is 0.340 e. The van der Waals surface area contributed by atoms with E-state index in [0.29, 0.717) is 11.3 Å². The molecule has 0 aliphatic carbocycles. The Balaban J connectivity index is 1.77. The highest BCUT2D eigenvalue weighted by Crippen LogP contribution is 2.19. The lowest BCUT2D eigenvalue weighted by molar-refractivity contribution is -0.118. The molecular formula is C22H22N2O4S. The predicted molar refractivity (Wildman–Crippen MR) is 115 cm³/mol. The van der Waals surface area contributed by atoms with Crippen molar-refractivity contribution >= 4 is 38.1 Å². The number of sulfone groups is 1. The van der Waals surface area contributed by atoms with Gasteiger partial charge in [0, 0.05) is 17.5 Å². The predicted octanol–water partition coefficient (Wildman–Crippen LogP) is 3.01. The fourth-order valence-electron chi connectivity index (χ4n) is 2.93. The topological polar surface area (TPSA) is 92.3 Å². The van der Waals surface area contributed by atoms with Gasteiger partial charge in [0.1, 0.15) is 15.9 Å². The number of anilines is 1. The van der Waals surface area contributed by atoms with Crippen molar-refractivity contribution in [1.82, 2.24) is 5.32 Å². The van der Waals surface area contributed by atoms with Gasteiger partial charge in [-0.2, -0.15) is 0 Å². The van der Waals surface area contributed by atoms with Crippen LogP contribution in [0.1, 0.15) is 16.8 Å². The van der Waals surface area contributed by atoms with Crippen molar-refractivity contribution in [2.75, 3.05) is 17.3 Å². The summed E-state index contributed by atoms with van der Waals surface area (Å²) >= 11 is 0. The summed E-state index contributed by atoms with van der Waals surface area (Å²) in [6, 6.07) is 20.7. The van der Waals surface area contributed by atoms with Crippen molar-refractivity contribution in [1.29, 1.82) is 0 Å². The molecule has 150 valence electrons. The number of benzene rings is 3. The third-order valence-electron chi connectivity index (χ3n) is 4.45. The molecule has 2 amide bonds. The SMILES string of the molecule is CS(=O)(=O)CC[C@H](NC(=O)c1ccccc1)C(=O)Nc1ccc2ccccc2c1. The maximum Gasteiger partial charge on any atom is 0.251 e. The molecule has 0 saturated heterocycles. The minimum atomic E-state index is -3.29. The number of amides is 2. The summed E-state index contributed by atoms with van der Waals surface area (Å²) in [6.45, 7) is 0. The molecule has 29 heavy (non-hydrogen) atoms. The molecular weight excluding hydrogens is 388 g/mol. The molecule has 0 spiro atoms. The third-order valence-corrected chi connectivity index (χ3v) is 5.43. The van der Waals surface area contributed by atoms with E-state index < -0.39 is 27.7 Å². The lowest BCUT2D eigenvalue weighted by Crippen LogP contribution is -2.44. The summed E-state index contributed by atoms with van der Waals surface area (Å²) in [5.74, 6) is -1.11. The summed E-state index contributed by atoms with van der Waals surface area (Å²) in [5, 5.41) is 7.43. The lowest BCUT2D eigenvalue weighted by Gasteiger charge is -2.18. The highest BCUT2D eigenvalue weighted by Gasteiger charge is 2.23. The molecule has 0 aliphatic rings. The van der Waals surface area contributed by atoms with Crippen LogP contribution in [0.25, 0.3) is 10.8 Å². The van der Waals surface area contributed by atoms with E-state index in [9.17, 15) is 18.0 Å². The number of carbonyl (C=O) groups is 2. The van der Waals surface area contributed by atoms with Crippen LogP contribution >= 0.6 is 0 Å². The number of fused-ring (bicyclic) bond motifs is 1. The third kappa shape index (κ3) is 5.89. The van der Waals surface area contributed by atoms with Gasteiger partial charge in [0.25, 0.3) is 5.91 Å². The Bertz CT molecular complexity index is 1130. The molecule has 0 fully saturated rings. The average Bonchev–Trinajstić information content (AvgIpc) is 2.70. The second-order valence-electron chi connectivity index (χ2n) is 6.86. The normalized spacial score (nSPS) is 12.3. The molecule has 7 heteroatoms. The van der Waals surface area contributed by atoms with Crippen molar-refractivity contribution in [3.05, 3.63) is 78.4 Å². The first-order valence-corrected chi connectivity index (χ1v) is 11.2. The van der Waals surface area contributed by atoms with Crippen LogP contribution in [0.15, 0.2) is 72.8 Å². The van der Waals surface area contributed by atoms with Crippen molar-refractivity contribution < 1.29 is 18.0 Å². The second kappa shape index (κ2) is 8.87.